The van der Waals surface area contributed by atoms with Crippen molar-refractivity contribution in [2.45, 2.75) is 0 Å². The molecular formula is C15H16BrN3O2. The van der Waals surface area contributed by atoms with E-state index in [4.69, 9.17) is 4.74 Å². The maximum absolute atomic E-state index is 12.1. The monoisotopic (exact) mass is 349 g/mol. The van der Waals surface area contributed by atoms with Crippen LogP contribution in [0.3, 0.4) is 0 Å². The van der Waals surface area contributed by atoms with Crippen molar-refractivity contribution in [1.29, 1.82) is 0 Å². The molecule has 0 atom stereocenters. The summed E-state index contributed by atoms with van der Waals surface area (Å²) in [5.74, 6) is 0.516. The number of aromatic nitrogens is 1. The summed E-state index contributed by atoms with van der Waals surface area (Å²) in [6, 6.07) is 11.0. The van der Waals surface area contributed by atoms with E-state index in [2.05, 4.69) is 31.5 Å². The second kappa shape index (κ2) is 7.75. The number of hydrogen-bond donors (Lipinski definition) is 2. The van der Waals surface area contributed by atoms with Crippen LogP contribution in [-0.2, 0) is 4.74 Å². The number of carbonyl (C=O) groups excluding carboxylic acids is 1. The van der Waals surface area contributed by atoms with Crippen LogP contribution in [0.5, 0.6) is 0 Å². The number of hydrogen-bond acceptors (Lipinski definition) is 4. The lowest BCUT2D eigenvalue weighted by Gasteiger charge is -2.08. The number of amides is 1. The van der Waals surface area contributed by atoms with Crippen molar-refractivity contribution < 1.29 is 9.53 Å². The first-order chi connectivity index (χ1) is 10.2. The van der Waals surface area contributed by atoms with Gasteiger partial charge in [-0.2, -0.15) is 0 Å². The maximum Gasteiger partial charge on any atom is 0.257 e. The van der Waals surface area contributed by atoms with Crippen LogP contribution in [0.2, 0.25) is 0 Å². The van der Waals surface area contributed by atoms with Gasteiger partial charge in [0.05, 0.1) is 17.9 Å². The highest BCUT2D eigenvalue weighted by Gasteiger charge is 2.08. The second-order valence-corrected chi connectivity index (χ2v) is 5.14. The van der Waals surface area contributed by atoms with Gasteiger partial charge < -0.3 is 15.4 Å². The van der Waals surface area contributed by atoms with Crippen LogP contribution in [0.4, 0.5) is 11.5 Å². The number of pyridine rings is 1. The molecule has 0 bridgehead atoms. The minimum atomic E-state index is -0.196. The molecule has 1 aromatic carbocycles. The molecule has 110 valence electrons. The van der Waals surface area contributed by atoms with E-state index in [-0.39, 0.29) is 5.91 Å². The van der Waals surface area contributed by atoms with Gasteiger partial charge in [-0.3, -0.25) is 4.79 Å². The summed E-state index contributed by atoms with van der Waals surface area (Å²) < 4.78 is 5.78. The second-order valence-electron chi connectivity index (χ2n) is 4.29. The molecule has 6 heteroatoms. The van der Waals surface area contributed by atoms with E-state index in [1.165, 1.54) is 0 Å². The highest BCUT2D eigenvalue weighted by Crippen LogP contribution is 2.21. The van der Waals surface area contributed by atoms with E-state index >= 15 is 0 Å². The predicted octanol–water partition coefficient (Wildman–Crippen LogP) is 3.15. The molecule has 0 spiro atoms. The van der Waals surface area contributed by atoms with Crippen molar-refractivity contribution in [3.05, 3.63) is 52.6 Å². The topological polar surface area (TPSA) is 63.2 Å². The summed E-state index contributed by atoms with van der Waals surface area (Å²) >= 11 is 3.39. The van der Waals surface area contributed by atoms with E-state index in [1.54, 1.807) is 25.4 Å². The number of nitrogens with one attached hydrogen (secondary N) is 2. The smallest absolute Gasteiger partial charge is 0.257 e. The Morgan fingerprint density at radius 2 is 2.10 bits per heavy atom. The average Bonchev–Trinajstić information content (AvgIpc) is 2.50. The normalized spacial score (nSPS) is 10.2. The Kier molecular flexibility index (Phi) is 5.71. The molecule has 1 heterocycles. The number of anilines is 2. The molecule has 0 aliphatic rings. The SMILES string of the molecule is COCCNc1ccc(C(=O)Nc2ccccc2Br)cn1. The Hall–Kier alpha value is -1.92. The van der Waals surface area contributed by atoms with Crippen LogP contribution >= 0.6 is 15.9 Å². The third-order valence-electron chi connectivity index (χ3n) is 2.76. The molecule has 0 radical (unpaired) electrons. The Morgan fingerprint density at radius 3 is 2.76 bits per heavy atom. The lowest BCUT2D eigenvalue weighted by atomic mass is 10.2. The number of benzene rings is 1. The lowest BCUT2D eigenvalue weighted by molar-refractivity contribution is 0.102. The zero-order valence-corrected chi connectivity index (χ0v) is 13.2. The van der Waals surface area contributed by atoms with Gasteiger partial charge >= 0.3 is 0 Å². The number of methoxy groups -OCH3 is 1. The Morgan fingerprint density at radius 1 is 1.29 bits per heavy atom. The lowest BCUT2D eigenvalue weighted by Crippen LogP contribution is -2.13. The van der Waals surface area contributed by atoms with Crippen LogP contribution < -0.4 is 10.6 Å². The molecule has 0 fully saturated rings. The van der Waals surface area contributed by atoms with Gasteiger partial charge in [0.2, 0.25) is 0 Å². The summed E-state index contributed by atoms with van der Waals surface area (Å²) in [6.45, 7) is 1.28. The van der Waals surface area contributed by atoms with Crippen LogP contribution in [-0.4, -0.2) is 31.2 Å². The molecule has 5 nitrogen and oxygen atoms in total. The molecule has 1 aromatic heterocycles. The Labute approximate surface area is 131 Å². The number of ether oxygens (including phenoxy) is 1. The zero-order chi connectivity index (χ0) is 15.1. The van der Waals surface area contributed by atoms with Crippen molar-refractivity contribution in [1.82, 2.24) is 4.98 Å². The fourth-order valence-electron chi connectivity index (χ4n) is 1.67. The molecule has 0 unspecified atom stereocenters. The molecule has 1 amide bonds. The number of nitrogens with zero attached hydrogens (tertiary/aromatic N) is 1. The number of rotatable bonds is 6. The van der Waals surface area contributed by atoms with Gasteiger partial charge in [0.15, 0.2) is 0 Å². The van der Waals surface area contributed by atoms with Gasteiger partial charge in [-0.15, -0.1) is 0 Å². The molecule has 2 N–H and O–H groups in total. The summed E-state index contributed by atoms with van der Waals surface area (Å²) in [4.78, 5) is 16.3. The van der Waals surface area contributed by atoms with Gasteiger partial charge in [0, 0.05) is 24.3 Å². The quantitative estimate of drug-likeness (QED) is 0.786. The molecular weight excluding hydrogens is 334 g/mol. The van der Waals surface area contributed by atoms with Crippen LogP contribution in [0, 0.1) is 0 Å². The minimum absolute atomic E-state index is 0.196. The van der Waals surface area contributed by atoms with Crippen molar-refractivity contribution in [2.75, 3.05) is 30.9 Å². The Balaban J connectivity index is 1.98. The standard InChI is InChI=1S/C15H16BrN3O2/c1-21-9-8-17-14-7-6-11(10-18-14)15(20)19-13-5-3-2-4-12(13)16/h2-7,10H,8-9H2,1H3,(H,17,18)(H,19,20). The molecule has 2 rings (SSSR count). The molecule has 0 saturated heterocycles. The number of halogens is 1. The van der Waals surface area contributed by atoms with Crippen LogP contribution in [0.1, 0.15) is 10.4 Å². The maximum atomic E-state index is 12.1. The highest BCUT2D eigenvalue weighted by atomic mass is 79.9. The van der Waals surface area contributed by atoms with Gasteiger partial charge in [-0.25, -0.2) is 4.98 Å². The van der Waals surface area contributed by atoms with Crippen molar-refractivity contribution in [3.8, 4) is 0 Å². The third-order valence-corrected chi connectivity index (χ3v) is 3.45. The average molecular weight is 350 g/mol. The molecule has 0 aliphatic carbocycles. The van der Waals surface area contributed by atoms with Crippen molar-refractivity contribution in [2.24, 2.45) is 0 Å². The first kappa shape index (κ1) is 15.5. The minimum Gasteiger partial charge on any atom is -0.383 e. The van der Waals surface area contributed by atoms with Crippen LogP contribution in [0.15, 0.2) is 47.1 Å². The van der Waals surface area contributed by atoms with E-state index in [0.717, 1.165) is 10.2 Å². The summed E-state index contributed by atoms with van der Waals surface area (Å²) in [7, 11) is 1.64. The zero-order valence-electron chi connectivity index (χ0n) is 11.6. The molecule has 21 heavy (non-hydrogen) atoms. The van der Waals surface area contributed by atoms with Gasteiger partial charge in [-0.1, -0.05) is 12.1 Å². The van der Waals surface area contributed by atoms with E-state index in [0.29, 0.717) is 24.5 Å². The summed E-state index contributed by atoms with van der Waals surface area (Å²) in [5.41, 5.74) is 1.23. The largest absolute Gasteiger partial charge is 0.383 e. The first-order valence-corrected chi connectivity index (χ1v) is 7.25. The van der Waals surface area contributed by atoms with E-state index < -0.39 is 0 Å². The summed E-state index contributed by atoms with van der Waals surface area (Å²) in [5, 5.41) is 5.93. The highest BCUT2D eigenvalue weighted by molar-refractivity contribution is 9.10. The van der Waals surface area contributed by atoms with Crippen LogP contribution in [0.25, 0.3) is 0 Å². The third kappa shape index (κ3) is 4.54. The van der Waals surface area contributed by atoms with Crippen molar-refractivity contribution >= 4 is 33.3 Å². The summed E-state index contributed by atoms with van der Waals surface area (Å²) in [6.07, 6.45) is 1.54. The fourth-order valence-corrected chi connectivity index (χ4v) is 2.05. The Bertz CT molecular complexity index is 602. The molecule has 0 aliphatic heterocycles. The first-order valence-electron chi connectivity index (χ1n) is 6.45. The molecule has 2 aromatic rings. The van der Waals surface area contributed by atoms with Gasteiger partial charge in [0.1, 0.15) is 5.82 Å². The van der Waals surface area contributed by atoms with E-state index in [1.807, 2.05) is 24.3 Å². The predicted molar refractivity (Wildman–Crippen MR) is 86.7 cm³/mol. The van der Waals surface area contributed by atoms with Crippen molar-refractivity contribution in [3.63, 3.8) is 0 Å². The van der Waals surface area contributed by atoms with Gasteiger partial charge in [-0.05, 0) is 40.2 Å². The molecule has 0 saturated carbocycles. The van der Waals surface area contributed by atoms with Gasteiger partial charge in [0.25, 0.3) is 5.91 Å². The fraction of sp³-hybridized carbons (Fsp3) is 0.200. The van der Waals surface area contributed by atoms with E-state index in [9.17, 15) is 4.79 Å². The number of carbonyl (C=O) groups is 1. The number of para-hydroxylation sites is 1.